The summed E-state index contributed by atoms with van der Waals surface area (Å²) >= 11 is 0. The zero-order chi connectivity index (χ0) is 11.0. The Morgan fingerprint density at radius 3 is 2.81 bits per heavy atom. The fraction of sp³-hybridized carbons (Fsp3) is 0.462. The van der Waals surface area contributed by atoms with E-state index in [0.717, 1.165) is 36.1 Å². The van der Waals surface area contributed by atoms with Crippen LogP contribution in [0.4, 0.5) is 0 Å². The average molecular weight is 216 g/mol. The number of aromatic nitrogens is 2. The number of benzene rings is 1. The normalized spacial score (nSPS) is 26.1. The molecule has 84 valence electrons. The third-order valence-electron chi connectivity index (χ3n) is 3.49. The lowest BCUT2D eigenvalue weighted by molar-refractivity contribution is 0.103. The third-order valence-corrected chi connectivity index (χ3v) is 3.49. The number of aromatic amines is 1. The van der Waals surface area contributed by atoms with Crippen molar-refractivity contribution < 1.29 is 5.11 Å². The number of hydrogen-bond donors (Lipinski definition) is 2. The topological polar surface area (TPSA) is 48.9 Å². The highest BCUT2D eigenvalue weighted by Gasteiger charge is 2.26. The molecule has 3 heteroatoms. The molecule has 1 fully saturated rings. The maximum Gasteiger partial charge on any atom is 0.112 e. The van der Waals surface area contributed by atoms with Crippen molar-refractivity contribution in [3.05, 3.63) is 30.1 Å². The van der Waals surface area contributed by atoms with Gasteiger partial charge in [0.25, 0.3) is 0 Å². The van der Waals surface area contributed by atoms with E-state index >= 15 is 0 Å². The Kier molecular flexibility index (Phi) is 2.40. The summed E-state index contributed by atoms with van der Waals surface area (Å²) in [6.45, 7) is 0. The van der Waals surface area contributed by atoms with Gasteiger partial charge in [-0.1, -0.05) is 25.0 Å². The van der Waals surface area contributed by atoms with E-state index in [2.05, 4.69) is 9.97 Å². The summed E-state index contributed by atoms with van der Waals surface area (Å²) in [6.07, 6.45) is 4.05. The number of para-hydroxylation sites is 2. The van der Waals surface area contributed by atoms with Crippen molar-refractivity contribution in [1.29, 1.82) is 0 Å². The van der Waals surface area contributed by atoms with Gasteiger partial charge in [-0.15, -0.1) is 0 Å². The number of H-pyrrole nitrogens is 1. The number of hydrogen-bond acceptors (Lipinski definition) is 2. The molecule has 2 aromatic rings. The molecule has 2 unspecified atom stereocenters. The number of aliphatic hydroxyl groups is 1. The van der Waals surface area contributed by atoms with E-state index in [-0.39, 0.29) is 12.0 Å². The van der Waals surface area contributed by atoms with Crippen LogP contribution in [-0.4, -0.2) is 21.2 Å². The highest BCUT2D eigenvalue weighted by atomic mass is 16.3. The Balaban J connectivity index is 1.98. The molecule has 0 spiro atoms. The Morgan fingerprint density at radius 1 is 1.19 bits per heavy atom. The number of nitrogens with zero attached hydrogens (tertiary/aromatic N) is 1. The van der Waals surface area contributed by atoms with Gasteiger partial charge in [0.15, 0.2) is 0 Å². The fourth-order valence-electron chi connectivity index (χ4n) is 2.58. The first-order valence-corrected chi connectivity index (χ1v) is 5.97. The van der Waals surface area contributed by atoms with E-state index in [1.54, 1.807) is 0 Å². The van der Waals surface area contributed by atoms with Crippen LogP contribution in [0.5, 0.6) is 0 Å². The molecule has 2 atom stereocenters. The van der Waals surface area contributed by atoms with Crippen LogP contribution in [0.3, 0.4) is 0 Å². The van der Waals surface area contributed by atoms with Crippen LogP contribution in [0.2, 0.25) is 0 Å². The average Bonchev–Trinajstić information content (AvgIpc) is 2.73. The zero-order valence-electron chi connectivity index (χ0n) is 9.19. The van der Waals surface area contributed by atoms with Crippen LogP contribution < -0.4 is 0 Å². The molecule has 1 aliphatic carbocycles. The third kappa shape index (κ3) is 1.61. The Hall–Kier alpha value is -1.35. The van der Waals surface area contributed by atoms with Crippen LogP contribution in [0.1, 0.15) is 37.4 Å². The summed E-state index contributed by atoms with van der Waals surface area (Å²) in [5, 5.41) is 9.99. The van der Waals surface area contributed by atoms with Crippen LogP contribution in [0.25, 0.3) is 11.0 Å². The predicted molar refractivity (Wildman–Crippen MR) is 63.3 cm³/mol. The minimum Gasteiger partial charge on any atom is -0.392 e. The highest BCUT2D eigenvalue weighted by Crippen LogP contribution is 2.32. The van der Waals surface area contributed by atoms with Crippen molar-refractivity contribution in [2.24, 2.45) is 0 Å². The molecule has 0 radical (unpaired) electrons. The van der Waals surface area contributed by atoms with Gasteiger partial charge in [0.2, 0.25) is 0 Å². The maximum atomic E-state index is 9.99. The van der Waals surface area contributed by atoms with Crippen LogP contribution in [0.15, 0.2) is 24.3 Å². The fourth-order valence-corrected chi connectivity index (χ4v) is 2.58. The van der Waals surface area contributed by atoms with Gasteiger partial charge < -0.3 is 10.1 Å². The number of nitrogens with one attached hydrogen (secondary N) is 1. The summed E-state index contributed by atoms with van der Waals surface area (Å²) in [4.78, 5) is 7.90. The standard InChI is InChI=1S/C13H16N2O/c16-12-8-4-1-5-9(12)13-14-10-6-2-3-7-11(10)15-13/h2-3,6-7,9,12,16H,1,4-5,8H2,(H,14,15). The van der Waals surface area contributed by atoms with Gasteiger partial charge in [0, 0.05) is 5.92 Å². The first kappa shape index (κ1) is 9.85. The molecule has 0 aliphatic heterocycles. The monoisotopic (exact) mass is 216 g/mol. The molecule has 1 aliphatic rings. The molecular formula is C13H16N2O. The first-order chi connectivity index (χ1) is 7.84. The lowest BCUT2D eigenvalue weighted by Gasteiger charge is -2.25. The second-order valence-corrected chi connectivity index (χ2v) is 4.60. The lowest BCUT2D eigenvalue weighted by Crippen LogP contribution is -2.23. The van der Waals surface area contributed by atoms with Crippen molar-refractivity contribution >= 4 is 11.0 Å². The molecule has 0 bridgehead atoms. The summed E-state index contributed by atoms with van der Waals surface area (Å²) in [5.74, 6) is 1.15. The number of rotatable bonds is 1. The van der Waals surface area contributed by atoms with Crippen LogP contribution in [0, 0.1) is 0 Å². The Morgan fingerprint density at radius 2 is 2.00 bits per heavy atom. The first-order valence-electron chi connectivity index (χ1n) is 5.97. The second kappa shape index (κ2) is 3.91. The van der Waals surface area contributed by atoms with Crippen LogP contribution in [-0.2, 0) is 0 Å². The summed E-state index contributed by atoms with van der Waals surface area (Å²) < 4.78 is 0. The number of aliphatic hydroxyl groups excluding tert-OH is 1. The second-order valence-electron chi connectivity index (χ2n) is 4.60. The van der Waals surface area contributed by atoms with Gasteiger partial charge in [-0.25, -0.2) is 4.98 Å². The quantitative estimate of drug-likeness (QED) is 0.769. The van der Waals surface area contributed by atoms with Gasteiger partial charge >= 0.3 is 0 Å². The van der Waals surface area contributed by atoms with Crippen molar-refractivity contribution in [1.82, 2.24) is 9.97 Å². The largest absolute Gasteiger partial charge is 0.392 e. The van der Waals surface area contributed by atoms with Crippen molar-refractivity contribution in [3.63, 3.8) is 0 Å². The Labute approximate surface area is 94.5 Å². The van der Waals surface area contributed by atoms with Crippen molar-refractivity contribution in [2.75, 3.05) is 0 Å². The minimum absolute atomic E-state index is 0.196. The van der Waals surface area contributed by atoms with Gasteiger partial charge in [0.1, 0.15) is 5.82 Å². The zero-order valence-corrected chi connectivity index (χ0v) is 9.19. The molecule has 1 heterocycles. The number of imidazole rings is 1. The Bertz CT molecular complexity index is 458. The van der Waals surface area contributed by atoms with Crippen LogP contribution >= 0.6 is 0 Å². The predicted octanol–water partition coefficient (Wildman–Crippen LogP) is 2.58. The molecule has 1 aromatic heterocycles. The van der Waals surface area contributed by atoms with E-state index < -0.39 is 0 Å². The van der Waals surface area contributed by atoms with Gasteiger partial charge in [-0.05, 0) is 25.0 Å². The molecule has 2 N–H and O–H groups in total. The highest BCUT2D eigenvalue weighted by molar-refractivity contribution is 5.74. The van der Waals surface area contributed by atoms with Crippen molar-refractivity contribution in [2.45, 2.75) is 37.7 Å². The summed E-state index contributed by atoms with van der Waals surface area (Å²) in [5.41, 5.74) is 2.06. The molecular weight excluding hydrogens is 200 g/mol. The number of fused-ring (bicyclic) bond motifs is 1. The van der Waals surface area contributed by atoms with Gasteiger partial charge in [-0.2, -0.15) is 0 Å². The maximum absolute atomic E-state index is 9.99. The molecule has 0 saturated heterocycles. The molecule has 3 rings (SSSR count). The van der Waals surface area contributed by atoms with Crippen molar-refractivity contribution in [3.8, 4) is 0 Å². The van der Waals surface area contributed by atoms with E-state index in [9.17, 15) is 5.11 Å². The minimum atomic E-state index is -0.227. The van der Waals surface area contributed by atoms with E-state index in [1.165, 1.54) is 6.42 Å². The van der Waals surface area contributed by atoms with Gasteiger partial charge in [-0.3, -0.25) is 0 Å². The molecule has 1 saturated carbocycles. The van der Waals surface area contributed by atoms with E-state index in [0.29, 0.717) is 0 Å². The van der Waals surface area contributed by atoms with E-state index in [4.69, 9.17) is 0 Å². The summed E-state index contributed by atoms with van der Waals surface area (Å²) in [7, 11) is 0. The molecule has 1 aromatic carbocycles. The summed E-state index contributed by atoms with van der Waals surface area (Å²) in [6, 6.07) is 8.03. The lowest BCUT2D eigenvalue weighted by atomic mass is 9.86. The molecule has 3 nitrogen and oxygen atoms in total. The molecule has 16 heavy (non-hydrogen) atoms. The smallest absolute Gasteiger partial charge is 0.112 e. The SMILES string of the molecule is OC1CCCCC1c1nc2ccccc2[nH]1. The van der Waals surface area contributed by atoms with E-state index in [1.807, 2.05) is 24.3 Å². The van der Waals surface area contributed by atoms with Gasteiger partial charge in [0.05, 0.1) is 17.1 Å². The molecule has 0 amide bonds.